The smallest absolute Gasteiger partial charge is 0.308 e. The molecule has 1 amide bonds. The van der Waals surface area contributed by atoms with Crippen LogP contribution in [0.3, 0.4) is 0 Å². The summed E-state index contributed by atoms with van der Waals surface area (Å²) in [6.07, 6.45) is 3.73. The lowest BCUT2D eigenvalue weighted by atomic mass is 10.1. The summed E-state index contributed by atoms with van der Waals surface area (Å²) >= 11 is 0. The summed E-state index contributed by atoms with van der Waals surface area (Å²) in [6.45, 7) is 1.70. The van der Waals surface area contributed by atoms with Crippen LogP contribution in [0.25, 0.3) is 0 Å². The minimum Gasteiger partial charge on any atom is -0.481 e. The van der Waals surface area contributed by atoms with Gasteiger partial charge in [0.1, 0.15) is 0 Å². The van der Waals surface area contributed by atoms with Crippen molar-refractivity contribution in [1.29, 1.82) is 0 Å². The van der Waals surface area contributed by atoms with Gasteiger partial charge in [-0.3, -0.25) is 14.3 Å². The van der Waals surface area contributed by atoms with E-state index in [1.54, 1.807) is 17.8 Å². The van der Waals surface area contributed by atoms with Crippen LogP contribution in [0.2, 0.25) is 0 Å². The van der Waals surface area contributed by atoms with Crippen LogP contribution in [-0.4, -0.2) is 33.3 Å². The number of carbonyl (C=O) groups is 2. The van der Waals surface area contributed by atoms with E-state index in [4.69, 9.17) is 5.11 Å². The summed E-state index contributed by atoms with van der Waals surface area (Å²) in [5.74, 6) is -1.31. The van der Waals surface area contributed by atoms with E-state index in [1.807, 2.05) is 7.05 Å². The lowest BCUT2D eigenvalue weighted by Crippen LogP contribution is -2.31. The Bertz CT molecular complexity index is 477. The molecule has 0 aliphatic heterocycles. The molecule has 2 rings (SSSR count). The van der Waals surface area contributed by atoms with Gasteiger partial charge in [0.25, 0.3) is 5.91 Å². The van der Waals surface area contributed by atoms with E-state index in [0.29, 0.717) is 11.5 Å². The standard InChI is InChI=1S/C12H17N3O3/c1-7(12(17)18)5-13-11(16)9-6-14-15(2)10(9)8-3-4-8/h6-8H,3-5H2,1-2H3,(H,13,16)(H,17,18). The van der Waals surface area contributed by atoms with Gasteiger partial charge >= 0.3 is 5.97 Å². The molecule has 0 saturated heterocycles. The van der Waals surface area contributed by atoms with Crippen molar-refractivity contribution >= 4 is 11.9 Å². The summed E-state index contributed by atoms with van der Waals surface area (Å²) in [5.41, 5.74) is 1.52. The Hall–Kier alpha value is -1.85. The van der Waals surface area contributed by atoms with Crippen molar-refractivity contribution in [3.8, 4) is 0 Å². The number of aromatic nitrogens is 2. The molecule has 1 aromatic heterocycles. The summed E-state index contributed by atoms with van der Waals surface area (Å²) in [7, 11) is 1.82. The molecule has 1 saturated carbocycles. The van der Waals surface area contributed by atoms with Gasteiger partial charge in [-0.25, -0.2) is 0 Å². The zero-order chi connectivity index (χ0) is 13.3. The number of rotatable bonds is 5. The van der Waals surface area contributed by atoms with Crippen LogP contribution in [0.1, 0.15) is 41.7 Å². The molecule has 0 radical (unpaired) electrons. The number of carbonyl (C=O) groups excluding carboxylic acids is 1. The molecule has 1 fully saturated rings. The lowest BCUT2D eigenvalue weighted by molar-refractivity contribution is -0.140. The van der Waals surface area contributed by atoms with E-state index in [9.17, 15) is 9.59 Å². The molecule has 1 aliphatic carbocycles. The van der Waals surface area contributed by atoms with E-state index >= 15 is 0 Å². The van der Waals surface area contributed by atoms with Crippen molar-refractivity contribution in [2.24, 2.45) is 13.0 Å². The third-order valence-corrected chi connectivity index (χ3v) is 3.18. The van der Waals surface area contributed by atoms with Crippen LogP contribution in [-0.2, 0) is 11.8 Å². The average molecular weight is 251 g/mol. The van der Waals surface area contributed by atoms with Crippen molar-refractivity contribution < 1.29 is 14.7 Å². The second kappa shape index (κ2) is 4.80. The molecule has 98 valence electrons. The molecule has 1 atom stereocenters. The number of carboxylic acid groups (broad SMARTS) is 1. The minimum atomic E-state index is -0.913. The van der Waals surface area contributed by atoms with Crippen LogP contribution < -0.4 is 5.32 Å². The summed E-state index contributed by atoms with van der Waals surface area (Å²) in [4.78, 5) is 22.7. The van der Waals surface area contributed by atoms with E-state index < -0.39 is 11.9 Å². The summed E-state index contributed by atoms with van der Waals surface area (Å²) in [6, 6.07) is 0. The fourth-order valence-corrected chi connectivity index (χ4v) is 1.89. The Kier molecular flexibility index (Phi) is 3.36. The van der Waals surface area contributed by atoms with Crippen LogP contribution in [0.15, 0.2) is 6.20 Å². The fourth-order valence-electron chi connectivity index (χ4n) is 1.89. The Morgan fingerprint density at radius 1 is 1.61 bits per heavy atom. The molecule has 6 heteroatoms. The van der Waals surface area contributed by atoms with Crippen LogP contribution in [0.4, 0.5) is 0 Å². The molecule has 1 unspecified atom stereocenters. The van der Waals surface area contributed by atoms with Crippen LogP contribution in [0, 0.1) is 5.92 Å². The van der Waals surface area contributed by atoms with Gasteiger partial charge in [0.2, 0.25) is 0 Å². The number of nitrogens with zero attached hydrogens (tertiary/aromatic N) is 2. The van der Waals surface area contributed by atoms with Gasteiger partial charge in [0.15, 0.2) is 0 Å². The Balaban J connectivity index is 2.03. The maximum atomic E-state index is 12.0. The second-order valence-corrected chi connectivity index (χ2v) is 4.79. The van der Waals surface area contributed by atoms with Crippen molar-refractivity contribution in [3.05, 3.63) is 17.5 Å². The first kappa shape index (κ1) is 12.6. The number of aliphatic carboxylic acids is 1. The molecule has 18 heavy (non-hydrogen) atoms. The van der Waals surface area contributed by atoms with E-state index in [0.717, 1.165) is 18.5 Å². The Morgan fingerprint density at radius 2 is 2.28 bits per heavy atom. The highest BCUT2D eigenvalue weighted by molar-refractivity contribution is 5.95. The van der Waals surface area contributed by atoms with Gasteiger partial charge in [0, 0.05) is 19.5 Å². The summed E-state index contributed by atoms with van der Waals surface area (Å²) < 4.78 is 1.73. The van der Waals surface area contributed by atoms with Gasteiger partial charge in [0.05, 0.1) is 23.4 Å². The predicted octanol–water partition coefficient (Wildman–Crippen LogP) is 0.748. The predicted molar refractivity (Wildman–Crippen MR) is 64.3 cm³/mol. The number of carboxylic acids is 1. The van der Waals surface area contributed by atoms with Crippen LogP contribution >= 0.6 is 0 Å². The lowest BCUT2D eigenvalue weighted by Gasteiger charge is -2.09. The van der Waals surface area contributed by atoms with Gasteiger partial charge in [-0.05, 0) is 12.8 Å². The highest BCUT2D eigenvalue weighted by Crippen LogP contribution is 2.41. The first-order chi connectivity index (χ1) is 8.50. The maximum absolute atomic E-state index is 12.0. The van der Waals surface area contributed by atoms with Crippen molar-refractivity contribution in [2.45, 2.75) is 25.7 Å². The van der Waals surface area contributed by atoms with Crippen LogP contribution in [0.5, 0.6) is 0 Å². The third kappa shape index (κ3) is 2.52. The topological polar surface area (TPSA) is 84.2 Å². The zero-order valence-electron chi connectivity index (χ0n) is 10.5. The van der Waals surface area contributed by atoms with Gasteiger partial charge in [-0.15, -0.1) is 0 Å². The maximum Gasteiger partial charge on any atom is 0.308 e. The quantitative estimate of drug-likeness (QED) is 0.808. The van der Waals surface area contributed by atoms with Gasteiger partial charge in [-0.1, -0.05) is 6.92 Å². The molecule has 0 spiro atoms. The number of amides is 1. The fraction of sp³-hybridized carbons (Fsp3) is 0.583. The molecule has 1 aromatic rings. The first-order valence-electron chi connectivity index (χ1n) is 6.03. The van der Waals surface area contributed by atoms with Gasteiger partial charge in [-0.2, -0.15) is 5.10 Å². The molecule has 1 heterocycles. The normalized spacial score (nSPS) is 16.3. The van der Waals surface area contributed by atoms with Crippen molar-refractivity contribution in [2.75, 3.05) is 6.54 Å². The molecular formula is C12H17N3O3. The average Bonchev–Trinajstić information content (AvgIpc) is 3.08. The monoisotopic (exact) mass is 251 g/mol. The molecule has 1 aliphatic rings. The first-order valence-corrected chi connectivity index (χ1v) is 6.03. The molecule has 0 aromatic carbocycles. The molecule has 2 N–H and O–H groups in total. The van der Waals surface area contributed by atoms with E-state index in [1.165, 1.54) is 0 Å². The number of nitrogens with one attached hydrogen (secondary N) is 1. The number of aryl methyl sites for hydroxylation is 1. The Labute approximate surface area is 105 Å². The molecular weight excluding hydrogens is 234 g/mol. The second-order valence-electron chi connectivity index (χ2n) is 4.79. The van der Waals surface area contributed by atoms with Crippen molar-refractivity contribution in [1.82, 2.24) is 15.1 Å². The van der Waals surface area contributed by atoms with Gasteiger partial charge < -0.3 is 10.4 Å². The van der Waals surface area contributed by atoms with Crippen molar-refractivity contribution in [3.63, 3.8) is 0 Å². The highest BCUT2D eigenvalue weighted by Gasteiger charge is 2.31. The van der Waals surface area contributed by atoms with E-state index in [2.05, 4.69) is 10.4 Å². The zero-order valence-corrected chi connectivity index (χ0v) is 10.5. The number of hydrogen-bond acceptors (Lipinski definition) is 3. The third-order valence-electron chi connectivity index (χ3n) is 3.18. The molecule has 0 bridgehead atoms. The Morgan fingerprint density at radius 3 is 2.83 bits per heavy atom. The van der Waals surface area contributed by atoms with E-state index in [-0.39, 0.29) is 12.5 Å². The number of hydrogen-bond donors (Lipinski definition) is 2. The SMILES string of the molecule is CC(CNC(=O)c1cnn(C)c1C1CC1)C(=O)O. The summed E-state index contributed by atoms with van der Waals surface area (Å²) in [5, 5.41) is 15.5. The highest BCUT2D eigenvalue weighted by atomic mass is 16.4. The molecule has 6 nitrogen and oxygen atoms in total. The minimum absolute atomic E-state index is 0.132. The largest absolute Gasteiger partial charge is 0.481 e.